The maximum atomic E-state index is 13.0. The number of hydrogen-bond donors (Lipinski definition) is 0. The first kappa shape index (κ1) is 16.2. The highest BCUT2D eigenvalue weighted by atomic mass is 32.1. The highest BCUT2D eigenvalue weighted by molar-refractivity contribution is 7.13. The van der Waals surface area contributed by atoms with E-state index in [1.165, 1.54) is 28.8 Å². The molecule has 0 bridgehead atoms. The molecule has 0 radical (unpaired) electrons. The number of nitrogens with zero attached hydrogens (tertiary/aromatic N) is 3. The third-order valence-electron chi connectivity index (χ3n) is 4.81. The average molecular weight is 351 g/mol. The summed E-state index contributed by atoms with van der Waals surface area (Å²) in [6, 6.07) is 11.7. The molecule has 0 unspecified atom stereocenters. The minimum atomic E-state index is -0.0734. The number of fused-ring (bicyclic) bond motifs is 1. The molecule has 128 valence electrons. The molecule has 2 aromatic heterocycles. The van der Waals surface area contributed by atoms with Crippen LogP contribution in [-0.4, -0.2) is 15.9 Å². The fourth-order valence-electron chi connectivity index (χ4n) is 3.51. The molecule has 0 amide bonds. The molecule has 4 rings (SSSR count). The van der Waals surface area contributed by atoms with E-state index >= 15 is 0 Å². The second kappa shape index (κ2) is 6.92. The van der Waals surface area contributed by atoms with Crippen LogP contribution in [0.15, 0.2) is 46.3 Å². The Hall–Kier alpha value is -2.27. The summed E-state index contributed by atoms with van der Waals surface area (Å²) >= 11 is 1.67. The SMILES string of the molecule is Cc1ccc(C=Nn2c(C3CCCCC3)nc3ccccc3c2=O)s1. The number of benzene rings is 1. The molecule has 2 heterocycles. The van der Waals surface area contributed by atoms with Gasteiger partial charge in [0.15, 0.2) is 0 Å². The normalized spacial score (nSPS) is 16.0. The summed E-state index contributed by atoms with van der Waals surface area (Å²) < 4.78 is 1.54. The fraction of sp³-hybridized carbons (Fsp3) is 0.350. The maximum Gasteiger partial charge on any atom is 0.282 e. The van der Waals surface area contributed by atoms with Crippen molar-refractivity contribution in [3.8, 4) is 0 Å². The highest BCUT2D eigenvalue weighted by Crippen LogP contribution is 2.31. The van der Waals surface area contributed by atoms with E-state index < -0.39 is 0 Å². The molecule has 3 aromatic rings. The van der Waals surface area contributed by atoms with Crippen LogP contribution in [0.4, 0.5) is 0 Å². The van der Waals surface area contributed by atoms with Crippen LogP contribution >= 0.6 is 11.3 Å². The standard InChI is InChI=1S/C20H21N3OS/c1-14-11-12-16(25-14)13-21-23-19(15-7-3-2-4-8-15)22-18-10-6-5-9-17(18)20(23)24/h5-6,9-13,15H,2-4,7-8H2,1H3. The molecule has 1 saturated carbocycles. The molecule has 5 heteroatoms. The van der Waals surface area contributed by atoms with Crippen molar-refractivity contribution in [3.63, 3.8) is 0 Å². The summed E-state index contributed by atoms with van der Waals surface area (Å²) in [6.07, 6.45) is 7.60. The Bertz CT molecular complexity index is 980. The second-order valence-electron chi connectivity index (χ2n) is 6.63. The average Bonchev–Trinajstić information content (AvgIpc) is 3.07. The third-order valence-corrected chi connectivity index (χ3v) is 5.75. The van der Waals surface area contributed by atoms with Crippen LogP contribution in [0.3, 0.4) is 0 Å². The van der Waals surface area contributed by atoms with Crippen molar-refractivity contribution in [1.82, 2.24) is 9.66 Å². The van der Waals surface area contributed by atoms with Crippen LogP contribution in [0.25, 0.3) is 10.9 Å². The predicted molar refractivity (Wildman–Crippen MR) is 104 cm³/mol. The summed E-state index contributed by atoms with van der Waals surface area (Å²) in [6.45, 7) is 2.07. The van der Waals surface area contributed by atoms with Crippen molar-refractivity contribution >= 4 is 28.5 Å². The number of rotatable bonds is 3. The fourth-order valence-corrected chi connectivity index (χ4v) is 4.26. The summed E-state index contributed by atoms with van der Waals surface area (Å²) in [7, 11) is 0. The first-order valence-electron chi connectivity index (χ1n) is 8.85. The smallest absolute Gasteiger partial charge is 0.267 e. The van der Waals surface area contributed by atoms with E-state index in [4.69, 9.17) is 4.98 Å². The Labute approximate surface area is 150 Å². The van der Waals surface area contributed by atoms with Gasteiger partial charge in [-0.15, -0.1) is 11.3 Å². The van der Waals surface area contributed by atoms with Crippen LogP contribution in [0.1, 0.15) is 53.6 Å². The van der Waals surface area contributed by atoms with E-state index in [9.17, 15) is 4.79 Å². The van der Waals surface area contributed by atoms with Gasteiger partial charge in [0.25, 0.3) is 5.56 Å². The van der Waals surface area contributed by atoms with Crippen molar-refractivity contribution in [2.45, 2.75) is 44.9 Å². The molecule has 0 aliphatic heterocycles. The lowest BCUT2D eigenvalue weighted by atomic mass is 9.88. The number of para-hydroxylation sites is 1. The predicted octanol–water partition coefficient (Wildman–Crippen LogP) is 4.70. The summed E-state index contributed by atoms with van der Waals surface area (Å²) in [4.78, 5) is 20.1. The first-order chi connectivity index (χ1) is 12.2. The lowest BCUT2D eigenvalue weighted by molar-refractivity contribution is 0.416. The van der Waals surface area contributed by atoms with E-state index in [1.54, 1.807) is 17.6 Å². The van der Waals surface area contributed by atoms with Crippen molar-refractivity contribution in [1.29, 1.82) is 0 Å². The molecular formula is C20H21N3OS. The van der Waals surface area contributed by atoms with Gasteiger partial charge in [0.1, 0.15) is 5.82 Å². The van der Waals surface area contributed by atoms with Crippen molar-refractivity contribution in [3.05, 3.63) is 62.3 Å². The zero-order chi connectivity index (χ0) is 17.2. The Morgan fingerprint density at radius 2 is 1.96 bits per heavy atom. The molecule has 0 atom stereocenters. The molecule has 1 aliphatic rings. The van der Waals surface area contributed by atoms with E-state index in [0.29, 0.717) is 11.3 Å². The van der Waals surface area contributed by atoms with Gasteiger partial charge in [0, 0.05) is 15.7 Å². The van der Waals surface area contributed by atoms with E-state index in [0.717, 1.165) is 29.1 Å². The Kier molecular flexibility index (Phi) is 4.49. The monoisotopic (exact) mass is 351 g/mol. The lowest BCUT2D eigenvalue weighted by Gasteiger charge is -2.22. The minimum Gasteiger partial charge on any atom is -0.267 e. The van der Waals surface area contributed by atoms with Gasteiger partial charge < -0.3 is 0 Å². The van der Waals surface area contributed by atoms with Gasteiger partial charge in [-0.1, -0.05) is 31.4 Å². The van der Waals surface area contributed by atoms with Gasteiger partial charge in [0.05, 0.1) is 17.1 Å². The van der Waals surface area contributed by atoms with E-state index in [-0.39, 0.29) is 5.56 Å². The molecule has 1 aliphatic carbocycles. The number of thiophene rings is 1. The highest BCUT2D eigenvalue weighted by Gasteiger charge is 2.22. The maximum absolute atomic E-state index is 13.0. The van der Waals surface area contributed by atoms with Gasteiger partial charge in [-0.2, -0.15) is 9.78 Å². The Morgan fingerprint density at radius 1 is 1.16 bits per heavy atom. The van der Waals surface area contributed by atoms with Crippen LogP contribution < -0.4 is 5.56 Å². The van der Waals surface area contributed by atoms with E-state index in [1.807, 2.05) is 30.3 Å². The van der Waals surface area contributed by atoms with Gasteiger partial charge in [-0.25, -0.2) is 4.98 Å². The Balaban J connectivity index is 1.85. The molecule has 1 fully saturated rings. The van der Waals surface area contributed by atoms with Crippen LogP contribution in [0, 0.1) is 6.92 Å². The molecule has 0 N–H and O–H groups in total. The minimum absolute atomic E-state index is 0.0734. The van der Waals surface area contributed by atoms with Crippen LogP contribution in [-0.2, 0) is 0 Å². The van der Waals surface area contributed by atoms with Crippen molar-refractivity contribution in [2.75, 3.05) is 0 Å². The summed E-state index contributed by atoms with van der Waals surface area (Å²) in [5.74, 6) is 1.13. The molecule has 25 heavy (non-hydrogen) atoms. The van der Waals surface area contributed by atoms with Gasteiger partial charge in [-0.05, 0) is 44.0 Å². The lowest BCUT2D eigenvalue weighted by Crippen LogP contribution is -2.25. The van der Waals surface area contributed by atoms with Crippen molar-refractivity contribution in [2.24, 2.45) is 5.10 Å². The van der Waals surface area contributed by atoms with Crippen molar-refractivity contribution < 1.29 is 0 Å². The molecule has 4 nitrogen and oxygen atoms in total. The molecule has 1 aromatic carbocycles. The van der Waals surface area contributed by atoms with Gasteiger partial charge >= 0.3 is 0 Å². The molecule has 0 saturated heterocycles. The largest absolute Gasteiger partial charge is 0.282 e. The Morgan fingerprint density at radius 3 is 2.72 bits per heavy atom. The van der Waals surface area contributed by atoms with Gasteiger partial charge in [0.2, 0.25) is 0 Å². The zero-order valence-corrected chi connectivity index (χ0v) is 15.1. The zero-order valence-electron chi connectivity index (χ0n) is 14.3. The quantitative estimate of drug-likeness (QED) is 0.642. The number of aryl methyl sites for hydroxylation is 1. The van der Waals surface area contributed by atoms with Crippen LogP contribution in [0.5, 0.6) is 0 Å². The number of hydrogen-bond acceptors (Lipinski definition) is 4. The van der Waals surface area contributed by atoms with Gasteiger partial charge in [-0.3, -0.25) is 4.79 Å². The molecule has 0 spiro atoms. The summed E-state index contributed by atoms with van der Waals surface area (Å²) in [5.41, 5.74) is 0.696. The van der Waals surface area contributed by atoms with Crippen LogP contribution in [0.2, 0.25) is 0 Å². The molecular weight excluding hydrogens is 330 g/mol. The second-order valence-corrected chi connectivity index (χ2v) is 7.95. The topological polar surface area (TPSA) is 47.2 Å². The number of aromatic nitrogens is 2. The summed E-state index contributed by atoms with van der Waals surface area (Å²) in [5, 5.41) is 5.17. The first-order valence-corrected chi connectivity index (χ1v) is 9.66. The third kappa shape index (κ3) is 3.29. The van der Waals surface area contributed by atoms with E-state index in [2.05, 4.69) is 18.1 Å².